The summed E-state index contributed by atoms with van der Waals surface area (Å²) in [7, 11) is 0. The maximum atomic E-state index is 12.8. The lowest BCUT2D eigenvalue weighted by Gasteiger charge is -2.00. The summed E-state index contributed by atoms with van der Waals surface area (Å²) >= 11 is 11.4. The smallest absolute Gasteiger partial charge is 0.123 e. The lowest BCUT2D eigenvalue weighted by Crippen LogP contribution is -1.85. The highest BCUT2D eigenvalue weighted by Crippen LogP contribution is 2.17. The second kappa shape index (κ2) is 6.05. The van der Waals surface area contributed by atoms with Crippen molar-refractivity contribution in [2.24, 2.45) is 0 Å². The van der Waals surface area contributed by atoms with E-state index in [1.165, 1.54) is 12.1 Å². The third-order valence-electron chi connectivity index (χ3n) is 1.79. The molecule has 0 amide bonds. The maximum Gasteiger partial charge on any atom is 0.123 e. The summed E-state index contributed by atoms with van der Waals surface area (Å²) in [5.41, 5.74) is 0.803. The largest absolute Gasteiger partial charge is 0.207 e. The molecule has 0 saturated carbocycles. The fourth-order valence-corrected chi connectivity index (χ4v) is 1.41. The molecule has 1 aromatic carbocycles. The highest BCUT2D eigenvalue weighted by molar-refractivity contribution is 6.31. The molecule has 0 saturated heterocycles. The van der Waals surface area contributed by atoms with E-state index in [-0.39, 0.29) is 5.82 Å². The van der Waals surface area contributed by atoms with E-state index in [9.17, 15) is 4.39 Å². The van der Waals surface area contributed by atoms with Gasteiger partial charge in [0.15, 0.2) is 0 Å². The van der Waals surface area contributed by atoms with Crippen molar-refractivity contribution in [3.63, 3.8) is 0 Å². The molecular formula is C11H11Cl2F. The first-order chi connectivity index (χ1) is 6.74. The van der Waals surface area contributed by atoms with Gasteiger partial charge >= 0.3 is 0 Å². The fourth-order valence-electron chi connectivity index (χ4n) is 1.09. The minimum absolute atomic E-state index is 0.254. The fraction of sp³-hybridized carbons (Fsp3) is 0.273. The van der Waals surface area contributed by atoms with Crippen LogP contribution in [0.4, 0.5) is 4.39 Å². The third-order valence-corrected chi connectivity index (χ3v) is 2.37. The van der Waals surface area contributed by atoms with E-state index in [0.29, 0.717) is 17.3 Å². The highest BCUT2D eigenvalue weighted by atomic mass is 35.5. The SMILES string of the molecule is Fc1ccc(Cl)c(C/C=C/CCCl)c1. The molecular weight excluding hydrogens is 222 g/mol. The van der Waals surface area contributed by atoms with E-state index >= 15 is 0 Å². The predicted octanol–water partition coefficient (Wildman–Crippen LogP) is 4.21. The topological polar surface area (TPSA) is 0 Å². The van der Waals surface area contributed by atoms with Crippen LogP contribution in [0, 0.1) is 5.82 Å². The molecule has 3 heteroatoms. The van der Waals surface area contributed by atoms with Gasteiger partial charge in [-0.2, -0.15) is 0 Å². The Labute approximate surface area is 93.3 Å². The number of benzene rings is 1. The van der Waals surface area contributed by atoms with Gasteiger partial charge in [0.1, 0.15) is 5.82 Å². The molecule has 0 aliphatic heterocycles. The summed E-state index contributed by atoms with van der Waals surface area (Å²) in [6.45, 7) is 0. The van der Waals surface area contributed by atoms with Crippen molar-refractivity contribution in [3.05, 3.63) is 46.8 Å². The molecule has 0 spiro atoms. The van der Waals surface area contributed by atoms with Crippen molar-refractivity contribution >= 4 is 23.2 Å². The van der Waals surface area contributed by atoms with Crippen LogP contribution in [0.25, 0.3) is 0 Å². The van der Waals surface area contributed by atoms with Gasteiger partial charge in [0.25, 0.3) is 0 Å². The Morgan fingerprint density at radius 3 is 2.79 bits per heavy atom. The lowest BCUT2D eigenvalue weighted by molar-refractivity contribution is 0.626. The minimum Gasteiger partial charge on any atom is -0.207 e. The second-order valence-corrected chi connectivity index (χ2v) is 3.67. The van der Waals surface area contributed by atoms with Crippen LogP contribution >= 0.6 is 23.2 Å². The van der Waals surface area contributed by atoms with Crippen molar-refractivity contribution in [1.82, 2.24) is 0 Å². The summed E-state index contributed by atoms with van der Waals surface area (Å²) in [4.78, 5) is 0. The number of hydrogen-bond donors (Lipinski definition) is 0. The van der Waals surface area contributed by atoms with Crippen LogP contribution in [0.2, 0.25) is 5.02 Å². The van der Waals surface area contributed by atoms with E-state index < -0.39 is 0 Å². The first kappa shape index (κ1) is 11.5. The first-order valence-electron chi connectivity index (χ1n) is 4.39. The van der Waals surface area contributed by atoms with Gasteiger partial charge in [-0.25, -0.2) is 4.39 Å². The Balaban J connectivity index is 2.62. The van der Waals surface area contributed by atoms with Crippen LogP contribution in [-0.2, 0) is 6.42 Å². The number of halogens is 3. The lowest BCUT2D eigenvalue weighted by atomic mass is 10.1. The molecule has 0 bridgehead atoms. The minimum atomic E-state index is -0.254. The predicted molar refractivity (Wildman–Crippen MR) is 59.6 cm³/mol. The Morgan fingerprint density at radius 2 is 2.07 bits per heavy atom. The van der Waals surface area contributed by atoms with Gasteiger partial charge in [0.2, 0.25) is 0 Å². The van der Waals surface area contributed by atoms with Crippen LogP contribution in [0.3, 0.4) is 0 Å². The zero-order valence-electron chi connectivity index (χ0n) is 7.64. The Hall–Kier alpha value is -0.530. The van der Waals surface area contributed by atoms with Crippen LogP contribution in [0.5, 0.6) is 0 Å². The molecule has 14 heavy (non-hydrogen) atoms. The third kappa shape index (κ3) is 3.69. The summed E-state index contributed by atoms with van der Waals surface area (Å²) in [6, 6.07) is 4.38. The van der Waals surface area contributed by atoms with Crippen LogP contribution in [-0.4, -0.2) is 5.88 Å². The maximum absolute atomic E-state index is 12.8. The van der Waals surface area contributed by atoms with Crippen molar-refractivity contribution in [3.8, 4) is 0 Å². The quantitative estimate of drug-likeness (QED) is 0.539. The van der Waals surface area contributed by atoms with Crippen molar-refractivity contribution in [1.29, 1.82) is 0 Å². The van der Waals surface area contributed by atoms with Crippen molar-refractivity contribution < 1.29 is 4.39 Å². The van der Waals surface area contributed by atoms with Gasteiger partial charge in [0.05, 0.1) is 0 Å². The van der Waals surface area contributed by atoms with E-state index in [0.717, 1.165) is 12.0 Å². The molecule has 1 aromatic rings. The zero-order chi connectivity index (χ0) is 10.4. The van der Waals surface area contributed by atoms with Crippen molar-refractivity contribution in [2.75, 3.05) is 5.88 Å². The number of allylic oxidation sites excluding steroid dienone is 2. The molecule has 0 atom stereocenters. The number of hydrogen-bond acceptors (Lipinski definition) is 0. The normalized spacial score (nSPS) is 11.1. The van der Waals surface area contributed by atoms with Crippen molar-refractivity contribution in [2.45, 2.75) is 12.8 Å². The highest BCUT2D eigenvalue weighted by Gasteiger charge is 1.99. The van der Waals surface area contributed by atoms with Gasteiger partial charge in [0, 0.05) is 10.9 Å². The molecule has 0 nitrogen and oxygen atoms in total. The van der Waals surface area contributed by atoms with E-state index in [1.807, 2.05) is 12.2 Å². The molecule has 0 aromatic heterocycles. The Morgan fingerprint density at radius 1 is 1.29 bits per heavy atom. The van der Waals surface area contributed by atoms with Gasteiger partial charge in [-0.1, -0.05) is 23.8 Å². The molecule has 0 fully saturated rings. The van der Waals surface area contributed by atoms with Gasteiger partial charge in [-0.3, -0.25) is 0 Å². The monoisotopic (exact) mass is 232 g/mol. The molecule has 0 heterocycles. The molecule has 0 N–H and O–H groups in total. The number of alkyl halides is 1. The van der Waals surface area contributed by atoms with E-state index in [4.69, 9.17) is 23.2 Å². The molecule has 1 rings (SSSR count). The van der Waals surface area contributed by atoms with Crippen LogP contribution in [0.15, 0.2) is 30.4 Å². The first-order valence-corrected chi connectivity index (χ1v) is 5.30. The van der Waals surface area contributed by atoms with Crippen LogP contribution in [0.1, 0.15) is 12.0 Å². The van der Waals surface area contributed by atoms with Gasteiger partial charge in [-0.15, -0.1) is 11.6 Å². The second-order valence-electron chi connectivity index (χ2n) is 2.89. The number of rotatable bonds is 4. The van der Waals surface area contributed by atoms with E-state index in [1.54, 1.807) is 6.07 Å². The zero-order valence-corrected chi connectivity index (χ0v) is 9.15. The summed E-state index contributed by atoms with van der Waals surface area (Å²) in [5, 5.41) is 0.599. The Bertz CT molecular complexity index is 321. The Kier molecular flexibility index (Phi) is 4.99. The molecule has 76 valence electrons. The van der Waals surface area contributed by atoms with Gasteiger partial charge < -0.3 is 0 Å². The summed E-state index contributed by atoms with van der Waals surface area (Å²) in [6.07, 6.45) is 5.39. The van der Waals surface area contributed by atoms with Crippen LogP contribution < -0.4 is 0 Å². The average molecular weight is 233 g/mol. The molecule has 0 unspecified atom stereocenters. The van der Waals surface area contributed by atoms with E-state index in [2.05, 4.69) is 0 Å². The molecule has 0 aliphatic carbocycles. The molecule has 0 radical (unpaired) electrons. The van der Waals surface area contributed by atoms with Gasteiger partial charge in [-0.05, 0) is 36.6 Å². The summed E-state index contributed by atoms with van der Waals surface area (Å²) < 4.78 is 12.8. The molecule has 0 aliphatic rings. The standard InChI is InChI=1S/C11H11Cl2F/c12-7-3-1-2-4-9-8-10(14)5-6-11(9)13/h1-2,5-6,8H,3-4,7H2/b2-1+. The average Bonchev–Trinajstić information content (AvgIpc) is 2.18. The summed E-state index contributed by atoms with van der Waals surface area (Å²) in [5.74, 6) is 0.350.